The van der Waals surface area contributed by atoms with Crippen molar-refractivity contribution in [3.05, 3.63) is 45.6 Å². The zero-order valence-electron chi connectivity index (χ0n) is 23.7. The van der Waals surface area contributed by atoms with Gasteiger partial charge >= 0.3 is 41.8 Å². The highest BCUT2D eigenvalue weighted by molar-refractivity contribution is 6.14. The van der Waals surface area contributed by atoms with E-state index in [9.17, 15) is 33.6 Å². The molecule has 0 saturated heterocycles. The molecule has 2 atom stereocenters. The Kier molecular flexibility index (Phi) is 10.7. The average Bonchev–Trinajstić information content (AvgIpc) is 3.47. The Hall–Kier alpha value is -4.15. The Morgan fingerprint density at radius 3 is 1.54 bits per heavy atom. The first-order chi connectivity index (χ1) is 19.5. The molecule has 0 radical (unpaired) electrons. The molecule has 0 fully saturated rings. The summed E-state index contributed by atoms with van der Waals surface area (Å²) in [6, 6.07) is 0. The fourth-order valence-corrected chi connectivity index (χ4v) is 5.02. The second kappa shape index (κ2) is 14.0. The van der Waals surface area contributed by atoms with Gasteiger partial charge in [0.25, 0.3) is 0 Å². The summed E-state index contributed by atoms with van der Waals surface area (Å²) in [5.41, 5.74) is 1.03. The van der Waals surface area contributed by atoms with Crippen molar-refractivity contribution < 1.29 is 52.5 Å². The first-order valence-corrected chi connectivity index (χ1v) is 13.7. The zero-order valence-corrected chi connectivity index (χ0v) is 23.7. The third-order valence-electron chi connectivity index (χ3n) is 7.51. The van der Waals surface area contributed by atoms with E-state index in [1.54, 1.807) is 12.2 Å². The van der Waals surface area contributed by atoms with Crippen molar-refractivity contribution >= 4 is 41.8 Å². The van der Waals surface area contributed by atoms with E-state index in [2.05, 4.69) is 4.74 Å². The molecule has 0 N–H and O–H groups in total. The molecule has 0 aliphatic carbocycles. The van der Waals surface area contributed by atoms with Crippen molar-refractivity contribution in [1.82, 2.24) is 0 Å². The fraction of sp³-hybridized carbons (Fsp3) is 0.500. The number of carbonyl (C=O) groups excluding carboxylic acids is 7. The van der Waals surface area contributed by atoms with E-state index >= 15 is 0 Å². The molecular weight excluding hydrogens is 536 g/mol. The number of cyclic esters (lactones) is 6. The molecule has 0 spiro atoms. The monoisotopic (exact) mass is 570 g/mol. The molecule has 0 aromatic rings. The van der Waals surface area contributed by atoms with Gasteiger partial charge in [0.05, 0.1) is 18.3 Å². The Bertz CT molecular complexity index is 1290. The molecule has 3 aliphatic rings. The van der Waals surface area contributed by atoms with Crippen LogP contribution in [0.25, 0.3) is 0 Å². The molecule has 11 nitrogen and oxygen atoms in total. The molecule has 41 heavy (non-hydrogen) atoms. The van der Waals surface area contributed by atoms with Crippen LogP contribution in [0, 0.1) is 11.8 Å². The SMILES string of the molecule is CC/C=C/C1=C(CC(CC)CC2=C(CC(CC)CC3=C(CCC(=O)OC)C(=O)OC3=O)C(=O)OC2=O)C(=O)OC1=O. The molecule has 3 aliphatic heterocycles. The molecule has 220 valence electrons. The predicted molar refractivity (Wildman–Crippen MR) is 141 cm³/mol. The highest BCUT2D eigenvalue weighted by Crippen LogP contribution is 2.37. The second-order valence-electron chi connectivity index (χ2n) is 10.1. The predicted octanol–water partition coefficient (Wildman–Crippen LogP) is 3.66. The van der Waals surface area contributed by atoms with Gasteiger partial charge in [-0.1, -0.05) is 45.8 Å². The smallest absolute Gasteiger partial charge is 0.346 e. The van der Waals surface area contributed by atoms with Gasteiger partial charge in [-0.2, -0.15) is 0 Å². The van der Waals surface area contributed by atoms with Gasteiger partial charge in [-0.3, -0.25) is 4.79 Å². The van der Waals surface area contributed by atoms with Crippen LogP contribution in [0.5, 0.6) is 0 Å². The summed E-state index contributed by atoms with van der Waals surface area (Å²) in [6.45, 7) is 5.61. The highest BCUT2D eigenvalue weighted by atomic mass is 16.6. The number of methoxy groups -OCH3 is 1. The summed E-state index contributed by atoms with van der Waals surface area (Å²) in [5, 5.41) is 0. The van der Waals surface area contributed by atoms with Crippen LogP contribution >= 0.6 is 0 Å². The Labute approximate surface area is 237 Å². The van der Waals surface area contributed by atoms with E-state index in [1.807, 2.05) is 20.8 Å². The minimum absolute atomic E-state index is 0.0219. The van der Waals surface area contributed by atoms with E-state index in [4.69, 9.17) is 14.2 Å². The molecule has 0 saturated carbocycles. The fourth-order valence-electron chi connectivity index (χ4n) is 5.02. The maximum atomic E-state index is 12.7. The molecule has 3 heterocycles. The standard InChI is InChI=1S/C30H34O11/c1-5-8-9-18-20(27(34)39-25(18)32)12-16(6-2)14-22-23(30(37)41-29(22)36)15-17(7-3)13-21-19(10-11-24(31)38-4)26(33)40-28(21)35/h8-9,16-17H,5-7,10-15H2,1-4H3/b9-8+. The van der Waals surface area contributed by atoms with Gasteiger partial charge in [-0.15, -0.1) is 0 Å². The van der Waals surface area contributed by atoms with Crippen LogP contribution in [0.15, 0.2) is 45.6 Å². The first kappa shape index (κ1) is 31.4. The van der Waals surface area contributed by atoms with Crippen molar-refractivity contribution in [3.63, 3.8) is 0 Å². The van der Waals surface area contributed by atoms with Crippen LogP contribution < -0.4 is 0 Å². The van der Waals surface area contributed by atoms with E-state index in [0.29, 0.717) is 19.3 Å². The minimum atomic E-state index is -0.809. The van der Waals surface area contributed by atoms with Crippen LogP contribution in [0.3, 0.4) is 0 Å². The molecular formula is C30H34O11. The van der Waals surface area contributed by atoms with Crippen molar-refractivity contribution in [2.45, 2.75) is 78.6 Å². The molecule has 0 aromatic heterocycles. The summed E-state index contributed by atoms with van der Waals surface area (Å²) in [7, 11) is 1.22. The molecule has 0 amide bonds. The number of hydrogen-bond donors (Lipinski definition) is 0. The van der Waals surface area contributed by atoms with E-state index in [1.165, 1.54) is 7.11 Å². The molecule has 3 rings (SSSR count). The number of rotatable bonds is 15. The third-order valence-corrected chi connectivity index (χ3v) is 7.51. The second-order valence-corrected chi connectivity index (χ2v) is 10.1. The summed E-state index contributed by atoms with van der Waals surface area (Å²) in [6.07, 6.45) is 5.39. The lowest BCUT2D eigenvalue weighted by atomic mass is 9.84. The van der Waals surface area contributed by atoms with Crippen LogP contribution in [-0.2, 0) is 52.5 Å². The van der Waals surface area contributed by atoms with Crippen molar-refractivity contribution in [2.75, 3.05) is 7.11 Å². The maximum Gasteiger partial charge on any atom is 0.346 e. The summed E-state index contributed by atoms with van der Waals surface area (Å²) in [4.78, 5) is 86.2. The van der Waals surface area contributed by atoms with Gasteiger partial charge in [-0.25, -0.2) is 28.8 Å². The van der Waals surface area contributed by atoms with Gasteiger partial charge in [0.15, 0.2) is 0 Å². The number of allylic oxidation sites excluding steroid dienone is 1. The molecule has 2 unspecified atom stereocenters. The van der Waals surface area contributed by atoms with Gasteiger partial charge in [0, 0.05) is 28.7 Å². The van der Waals surface area contributed by atoms with Crippen molar-refractivity contribution in [1.29, 1.82) is 0 Å². The van der Waals surface area contributed by atoms with Gasteiger partial charge < -0.3 is 18.9 Å². The lowest BCUT2D eigenvalue weighted by Gasteiger charge is -2.17. The van der Waals surface area contributed by atoms with Gasteiger partial charge in [-0.05, 0) is 50.4 Å². The van der Waals surface area contributed by atoms with Crippen molar-refractivity contribution in [2.24, 2.45) is 11.8 Å². The van der Waals surface area contributed by atoms with Crippen LogP contribution in [0.2, 0.25) is 0 Å². The summed E-state index contributed by atoms with van der Waals surface area (Å²) < 4.78 is 19.1. The topological polar surface area (TPSA) is 156 Å². The van der Waals surface area contributed by atoms with E-state index in [0.717, 1.165) is 0 Å². The van der Waals surface area contributed by atoms with Gasteiger partial charge in [0.2, 0.25) is 0 Å². The lowest BCUT2D eigenvalue weighted by molar-refractivity contribution is -0.153. The van der Waals surface area contributed by atoms with Gasteiger partial charge in [0.1, 0.15) is 0 Å². The Morgan fingerprint density at radius 2 is 1.07 bits per heavy atom. The largest absolute Gasteiger partial charge is 0.469 e. The third kappa shape index (κ3) is 7.33. The lowest BCUT2D eigenvalue weighted by Crippen LogP contribution is -2.12. The number of ether oxygens (including phenoxy) is 4. The molecule has 0 aromatic carbocycles. The quantitative estimate of drug-likeness (QED) is 0.161. The Morgan fingerprint density at radius 1 is 0.659 bits per heavy atom. The minimum Gasteiger partial charge on any atom is -0.469 e. The van der Waals surface area contributed by atoms with E-state index in [-0.39, 0.29) is 83.8 Å². The van der Waals surface area contributed by atoms with Crippen LogP contribution in [0.1, 0.15) is 78.6 Å². The normalized spacial score (nSPS) is 19.0. The van der Waals surface area contributed by atoms with Crippen LogP contribution in [0.4, 0.5) is 0 Å². The number of esters is 7. The Balaban J connectivity index is 1.84. The highest BCUT2D eigenvalue weighted by Gasteiger charge is 2.39. The van der Waals surface area contributed by atoms with Crippen molar-refractivity contribution in [3.8, 4) is 0 Å². The molecule has 11 heteroatoms. The molecule has 0 bridgehead atoms. The number of hydrogen-bond acceptors (Lipinski definition) is 11. The summed E-state index contributed by atoms with van der Waals surface area (Å²) in [5.74, 6) is -5.71. The number of carbonyl (C=O) groups is 7. The van der Waals surface area contributed by atoms with Crippen LogP contribution in [-0.4, -0.2) is 48.9 Å². The average molecular weight is 571 g/mol. The maximum absolute atomic E-state index is 12.7. The first-order valence-electron chi connectivity index (χ1n) is 13.7. The zero-order chi connectivity index (χ0) is 30.3. The van der Waals surface area contributed by atoms with E-state index < -0.39 is 41.8 Å². The summed E-state index contributed by atoms with van der Waals surface area (Å²) >= 11 is 0.